The lowest BCUT2D eigenvalue weighted by Gasteiger charge is -2.25. The van der Waals surface area contributed by atoms with E-state index in [0.29, 0.717) is 0 Å². The normalized spacial score (nSPS) is 27.6. The van der Waals surface area contributed by atoms with Crippen LogP contribution in [0.5, 0.6) is 0 Å². The minimum Gasteiger partial charge on any atom is -0.389 e. The van der Waals surface area contributed by atoms with E-state index in [1.165, 1.54) is 5.69 Å². The van der Waals surface area contributed by atoms with Gasteiger partial charge in [0, 0.05) is 18.7 Å². The fourth-order valence-corrected chi connectivity index (χ4v) is 3.14. The maximum absolute atomic E-state index is 10.7. The summed E-state index contributed by atoms with van der Waals surface area (Å²) in [5.41, 5.74) is 1.97. The molecule has 1 N–H and O–H groups in total. The first kappa shape index (κ1) is 12.6. The lowest BCUT2D eigenvalue weighted by Crippen LogP contribution is -2.30. The summed E-state index contributed by atoms with van der Waals surface area (Å²) in [5, 5.41) is 15.1. The summed E-state index contributed by atoms with van der Waals surface area (Å²) in [6, 6.07) is 2.10. The smallest absolute Gasteiger partial charge is 0.0708 e. The first-order valence-electron chi connectivity index (χ1n) is 6.59. The Hall–Kier alpha value is -0.830. The second-order valence-electron chi connectivity index (χ2n) is 6.33. The van der Waals surface area contributed by atoms with Crippen LogP contribution < -0.4 is 0 Å². The van der Waals surface area contributed by atoms with Crippen molar-refractivity contribution in [3.8, 4) is 0 Å². The van der Waals surface area contributed by atoms with Gasteiger partial charge in [0.1, 0.15) is 0 Å². The Morgan fingerprint density at radius 2 is 2.12 bits per heavy atom. The molecular formula is C14H24N2O. The fraction of sp³-hybridized carbons (Fsp3) is 0.786. The van der Waals surface area contributed by atoms with E-state index in [-0.39, 0.29) is 5.41 Å². The molecule has 3 nitrogen and oxygen atoms in total. The maximum Gasteiger partial charge on any atom is 0.0708 e. The molecule has 1 atom stereocenters. The van der Waals surface area contributed by atoms with Crippen molar-refractivity contribution >= 4 is 0 Å². The molecule has 17 heavy (non-hydrogen) atoms. The lowest BCUT2D eigenvalue weighted by atomic mass is 9.87. The molecule has 1 aromatic rings. The summed E-state index contributed by atoms with van der Waals surface area (Å²) in [7, 11) is 0. The highest BCUT2D eigenvalue weighted by Gasteiger charge is 2.42. The molecule has 0 bridgehead atoms. The molecule has 1 aliphatic carbocycles. The molecule has 0 amide bonds. The van der Waals surface area contributed by atoms with Crippen molar-refractivity contribution in [2.75, 3.05) is 0 Å². The van der Waals surface area contributed by atoms with Crippen LogP contribution in [0.25, 0.3) is 0 Å². The van der Waals surface area contributed by atoms with E-state index in [4.69, 9.17) is 0 Å². The lowest BCUT2D eigenvalue weighted by molar-refractivity contribution is 0.0359. The second-order valence-corrected chi connectivity index (χ2v) is 6.33. The summed E-state index contributed by atoms with van der Waals surface area (Å²) in [6.07, 6.45) is 3.66. The quantitative estimate of drug-likeness (QED) is 0.876. The van der Waals surface area contributed by atoms with Crippen molar-refractivity contribution in [3.63, 3.8) is 0 Å². The molecule has 96 valence electrons. The molecule has 0 aromatic carbocycles. The number of aromatic nitrogens is 2. The number of rotatable bonds is 3. The molecule has 0 radical (unpaired) electrons. The van der Waals surface area contributed by atoms with Crippen LogP contribution in [-0.2, 0) is 13.0 Å². The summed E-state index contributed by atoms with van der Waals surface area (Å²) in [6.45, 7) is 9.47. The van der Waals surface area contributed by atoms with Crippen LogP contribution in [0.3, 0.4) is 0 Å². The predicted octanol–water partition coefficient (Wildman–Crippen LogP) is 2.70. The minimum atomic E-state index is -0.525. The van der Waals surface area contributed by atoms with E-state index in [2.05, 4.69) is 31.9 Å². The van der Waals surface area contributed by atoms with Gasteiger partial charge < -0.3 is 5.11 Å². The Balaban J connectivity index is 2.15. The van der Waals surface area contributed by atoms with Gasteiger partial charge in [-0.15, -0.1) is 0 Å². The second kappa shape index (κ2) is 4.13. The third kappa shape index (κ3) is 2.71. The first-order valence-corrected chi connectivity index (χ1v) is 6.59. The molecule has 0 spiro atoms. The zero-order chi connectivity index (χ0) is 12.7. The van der Waals surface area contributed by atoms with Gasteiger partial charge in [0.15, 0.2) is 0 Å². The number of nitrogens with zero attached hydrogens (tertiary/aromatic N) is 2. The van der Waals surface area contributed by atoms with Crippen LogP contribution in [0.4, 0.5) is 0 Å². The van der Waals surface area contributed by atoms with Crippen LogP contribution in [0.1, 0.15) is 51.4 Å². The number of hydrogen-bond donors (Lipinski definition) is 1. The standard InChI is InChI=1S/C14H24N2O/c1-5-16-12(8-11(2)15-16)9-14(17)7-6-13(3,4)10-14/h8,17H,5-7,9-10H2,1-4H3. The highest BCUT2D eigenvalue weighted by molar-refractivity contribution is 5.13. The molecule has 1 fully saturated rings. The van der Waals surface area contributed by atoms with E-state index in [9.17, 15) is 5.11 Å². The van der Waals surface area contributed by atoms with E-state index in [1.54, 1.807) is 0 Å². The van der Waals surface area contributed by atoms with Crippen molar-refractivity contribution in [3.05, 3.63) is 17.5 Å². The molecule has 2 rings (SSSR count). The first-order chi connectivity index (χ1) is 7.84. The molecular weight excluding hydrogens is 212 g/mol. The maximum atomic E-state index is 10.7. The summed E-state index contributed by atoms with van der Waals surface area (Å²) in [5.74, 6) is 0. The summed E-state index contributed by atoms with van der Waals surface area (Å²) in [4.78, 5) is 0. The van der Waals surface area contributed by atoms with Gasteiger partial charge >= 0.3 is 0 Å². The SMILES string of the molecule is CCn1nc(C)cc1CC1(O)CCC(C)(C)C1. The zero-order valence-corrected chi connectivity index (χ0v) is 11.5. The van der Waals surface area contributed by atoms with E-state index in [1.807, 2.05) is 11.6 Å². The number of aryl methyl sites for hydroxylation is 2. The average Bonchev–Trinajstić information content (AvgIpc) is 2.67. The van der Waals surface area contributed by atoms with Gasteiger partial charge in [0.2, 0.25) is 0 Å². The molecule has 1 aromatic heterocycles. The minimum absolute atomic E-state index is 0.279. The third-order valence-corrected chi connectivity index (χ3v) is 3.87. The summed E-state index contributed by atoms with van der Waals surface area (Å²) < 4.78 is 2.01. The monoisotopic (exact) mass is 236 g/mol. The van der Waals surface area contributed by atoms with E-state index < -0.39 is 5.60 Å². The van der Waals surface area contributed by atoms with Gasteiger partial charge in [-0.3, -0.25) is 4.68 Å². The Bertz CT molecular complexity index is 408. The Morgan fingerprint density at radius 3 is 2.65 bits per heavy atom. The Morgan fingerprint density at radius 1 is 1.41 bits per heavy atom. The third-order valence-electron chi connectivity index (χ3n) is 3.87. The average molecular weight is 236 g/mol. The number of hydrogen-bond acceptors (Lipinski definition) is 2. The summed E-state index contributed by atoms with van der Waals surface area (Å²) >= 11 is 0. The zero-order valence-electron chi connectivity index (χ0n) is 11.5. The van der Waals surface area contributed by atoms with Gasteiger partial charge in [-0.2, -0.15) is 5.10 Å². The van der Waals surface area contributed by atoms with Crippen molar-refractivity contribution in [2.45, 2.75) is 65.5 Å². The van der Waals surface area contributed by atoms with Crippen molar-refractivity contribution in [1.82, 2.24) is 9.78 Å². The molecule has 1 heterocycles. The predicted molar refractivity (Wildman–Crippen MR) is 68.9 cm³/mol. The molecule has 3 heteroatoms. The fourth-order valence-electron chi connectivity index (χ4n) is 3.14. The van der Waals surface area contributed by atoms with Crippen molar-refractivity contribution in [1.29, 1.82) is 0 Å². The van der Waals surface area contributed by atoms with Crippen molar-refractivity contribution in [2.24, 2.45) is 5.41 Å². The Labute approximate surface area is 104 Å². The van der Waals surface area contributed by atoms with Gasteiger partial charge in [0.25, 0.3) is 0 Å². The van der Waals surface area contributed by atoms with E-state index >= 15 is 0 Å². The van der Waals surface area contributed by atoms with Gasteiger partial charge in [0.05, 0.1) is 11.3 Å². The van der Waals surface area contributed by atoms with Crippen molar-refractivity contribution < 1.29 is 5.11 Å². The van der Waals surface area contributed by atoms with Crippen LogP contribution in [-0.4, -0.2) is 20.5 Å². The van der Waals surface area contributed by atoms with E-state index in [0.717, 1.165) is 37.9 Å². The molecule has 1 unspecified atom stereocenters. The van der Waals surface area contributed by atoms with Crippen LogP contribution in [0.15, 0.2) is 6.07 Å². The Kier molecular flexibility index (Phi) is 3.06. The van der Waals surface area contributed by atoms with Gasteiger partial charge in [-0.1, -0.05) is 13.8 Å². The number of aliphatic hydroxyl groups is 1. The molecule has 1 saturated carbocycles. The van der Waals surface area contributed by atoms with Crippen LogP contribution in [0, 0.1) is 12.3 Å². The molecule has 1 aliphatic rings. The van der Waals surface area contributed by atoms with Crippen LogP contribution in [0.2, 0.25) is 0 Å². The van der Waals surface area contributed by atoms with Gasteiger partial charge in [-0.25, -0.2) is 0 Å². The highest BCUT2D eigenvalue weighted by atomic mass is 16.3. The van der Waals surface area contributed by atoms with Gasteiger partial charge in [-0.05, 0) is 44.6 Å². The molecule has 0 aliphatic heterocycles. The largest absolute Gasteiger partial charge is 0.389 e. The highest BCUT2D eigenvalue weighted by Crippen LogP contribution is 2.44. The topological polar surface area (TPSA) is 38.0 Å². The van der Waals surface area contributed by atoms with Crippen LogP contribution >= 0.6 is 0 Å². The molecule has 0 saturated heterocycles.